The number of nitrogens with two attached hydrogens (primary N) is 1. The van der Waals surface area contributed by atoms with E-state index < -0.39 is 37.1 Å². The van der Waals surface area contributed by atoms with E-state index in [4.69, 9.17) is 40.6 Å². The van der Waals surface area contributed by atoms with Gasteiger partial charge in [-0.3, -0.25) is 18.4 Å². The number of rotatable bonds is 8. The van der Waals surface area contributed by atoms with E-state index in [0.29, 0.717) is 17.8 Å². The lowest BCUT2D eigenvalue weighted by Crippen LogP contribution is -2.46. The van der Waals surface area contributed by atoms with Crippen LogP contribution in [0, 0.1) is 5.92 Å². The predicted molar refractivity (Wildman–Crippen MR) is 133 cm³/mol. The molecule has 3 N–H and O–H groups in total. The Labute approximate surface area is 219 Å². The van der Waals surface area contributed by atoms with Crippen molar-refractivity contribution in [1.29, 1.82) is 0 Å². The van der Waals surface area contributed by atoms with Crippen LogP contribution in [-0.2, 0) is 27.9 Å². The van der Waals surface area contributed by atoms with Crippen LogP contribution >= 0.6 is 19.3 Å². The maximum Gasteiger partial charge on any atom is 0.406 e. The number of hydrogen-bond acceptors (Lipinski definition) is 11. The molecule has 2 saturated heterocycles. The summed E-state index contributed by atoms with van der Waals surface area (Å²) in [5, 5.41) is 2.85. The Morgan fingerprint density at radius 1 is 1.41 bits per heavy atom. The van der Waals surface area contributed by atoms with Crippen LogP contribution in [0.5, 0.6) is 5.88 Å². The summed E-state index contributed by atoms with van der Waals surface area (Å²) < 4.78 is 43.8. The van der Waals surface area contributed by atoms with Gasteiger partial charge in [0.2, 0.25) is 11.8 Å². The monoisotopic (exact) mass is 558 g/mol. The number of alkyl halides is 1. The SMILES string of the molecule is CCOc1nc(N)nc2c1ncn2[C@@H]1O[C@@H]2CO[P@](=O)(N[C@@H](C)COC(=O)C3CCCC3)O[C@H]2[C@@]1(C)Cl. The molecule has 3 fully saturated rings. The fourth-order valence-corrected chi connectivity index (χ4v) is 7.25. The van der Waals surface area contributed by atoms with Crippen molar-refractivity contribution in [2.75, 3.05) is 25.6 Å². The lowest BCUT2D eigenvalue weighted by Gasteiger charge is -2.36. The van der Waals surface area contributed by atoms with E-state index in [2.05, 4.69) is 20.0 Å². The quantitative estimate of drug-likeness (QED) is 0.277. The average Bonchev–Trinajstić information content (AvgIpc) is 3.57. The van der Waals surface area contributed by atoms with Crippen molar-refractivity contribution < 1.29 is 32.6 Å². The second-order valence-corrected chi connectivity index (χ2v) is 12.3. The molecule has 0 unspecified atom stereocenters. The van der Waals surface area contributed by atoms with Gasteiger partial charge in [-0.15, -0.1) is 11.6 Å². The molecule has 4 heterocycles. The van der Waals surface area contributed by atoms with Crippen LogP contribution in [0.2, 0.25) is 0 Å². The van der Waals surface area contributed by atoms with E-state index in [9.17, 15) is 9.36 Å². The molecule has 2 aliphatic heterocycles. The van der Waals surface area contributed by atoms with Gasteiger partial charge in [0, 0.05) is 6.04 Å². The highest BCUT2D eigenvalue weighted by atomic mass is 35.5. The number of carbonyl (C=O) groups is 1. The number of imidazole rings is 1. The summed E-state index contributed by atoms with van der Waals surface area (Å²) in [5.41, 5.74) is 6.68. The summed E-state index contributed by atoms with van der Waals surface area (Å²) in [4.78, 5) is 23.8. The van der Waals surface area contributed by atoms with E-state index in [0.717, 1.165) is 25.7 Å². The van der Waals surface area contributed by atoms with Crippen molar-refractivity contribution in [3.05, 3.63) is 6.33 Å². The maximum atomic E-state index is 13.5. The molecule has 2 aromatic heterocycles. The van der Waals surface area contributed by atoms with Gasteiger partial charge in [-0.2, -0.15) is 9.97 Å². The molecule has 6 atom stereocenters. The highest BCUT2D eigenvalue weighted by molar-refractivity contribution is 7.51. The second kappa shape index (κ2) is 10.3. The summed E-state index contributed by atoms with van der Waals surface area (Å²) >= 11 is 7.00. The zero-order valence-electron chi connectivity index (χ0n) is 21.0. The van der Waals surface area contributed by atoms with Crippen molar-refractivity contribution in [3.63, 3.8) is 0 Å². The number of fused-ring (bicyclic) bond motifs is 2. The molecule has 0 spiro atoms. The van der Waals surface area contributed by atoms with Crippen LogP contribution in [0.15, 0.2) is 6.33 Å². The molecular weight excluding hydrogens is 527 g/mol. The number of anilines is 1. The number of aromatic nitrogens is 4. The van der Waals surface area contributed by atoms with Crippen molar-refractivity contribution in [1.82, 2.24) is 24.6 Å². The maximum absolute atomic E-state index is 13.5. The van der Waals surface area contributed by atoms with E-state index in [1.54, 1.807) is 18.4 Å². The number of esters is 1. The number of nitrogens with zero attached hydrogens (tertiary/aromatic N) is 4. The van der Waals surface area contributed by atoms with Gasteiger partial charge in [-0.25, -0.2) is 14.6 Å². The molecule has 37 heavy (non-hydrogen) atoms. The Hall–Kier alpha value is -2.02. The van der Waals surface area contributed by atoms with Crippen molar-refractivity contribution in [2.24, 2.45) is 5.92 Å². The minimum Gasteiger partial charge on any atom is -0.476 e. The first kappa shape index (κ1) is 26.6. The fourth-order valence-electron chi connectivity index (χ4n) is 5.04. The summed E-state index contributed by atoms with van der Waals surface area (Å²) in [6.45, 7) is 5.70. The van der Waals surface area contributed by atoms with Crippen LogP contribution in [-0.4, -0.2) is 68.4 Å². The Kier molecular flexibility index (Phi) is 7.38. The minimum absolute atomic E-state index is 0.0142. The first-order chi connectivity index (χ1) is 17.6. The second-order valence-electron chi connectivity index (χ2n) is 9.78. The molecule has 0 bridgehead atoms. The van der Waals surface area contributed by atoms with Crippen LogP contribution in [0.3, 0.4) is 0 Å². The largest absolute Gasteiger partial charge is 0.476 e. The van der Waals surface area contributed by atoms with Crippen LogP contribution in [0.25, 0.3) is 11.2 Å². The Balaban J connectivity index is 1.29. The van der Waals surface area contributed by atoms with Gasteiger partial charge >= 0.3 is 13.7 Å². The molecule has 0 amide bonds. The zero-order valence-corrected chi connectivity index (χ0v) is 22.6. The van der Waals surface area contributed by atoms with E-state index in [-0.39, 0.29) is 36.9 Å². The molecule has 13 nitrogen and oxygen atoms in total. The van der Waals surface area contributed by atoms with Crippen LogP contribution in [0.4, 0.5) is 5.95 Å². The van der Waals surface area contributed by atoms with E-state index in [1.165, 1.54) is 6.33 Å². The standard InChI is InChI=1S/C22H32ClN6O7P/c1-4-32-18-15-17(26-21(24)27-18)29(11-25-15)20-22(3,23)16-14(35-20)10-34-37(31,36-16)28-12(2)9-33-19(30)13-7-5-6-8-13/h11-14,16,20H,4-10H2,1-3H3,(H,28,31)(H2,24,26,27)/t12-,14+,16+,20+,22+,37+/m0/s1. The normalized spacial score (nSPS) is 32.9. The number of carbonyl (C=O) groups excluding carboxylic acids is 1. The third-order valence-electron chi connectivity index (χ3n) is 6.82. The van der Waals surface area contributed by atoms with Gasteiger partial charge in [-0.1, -0.05) is 12.8 Å². The van der Waals surface area contributed by atoms with Gasteiger partial charge in [0.05, 0.1) is 25.5 Å². The Morgan fingerprint density at radius 3 is 2.89 bits per heavy atom. The predicted octanol–water partition coefficient (Wildman–Crippen LogP) is 2.94. The van der Waals surface area contributed by atoms with Gasteiger partial charge in [0.25, 0.3) is 0 Å². The van der Waals surface area contributed by atoms with Crippen LogP contribution in [0.1, 0.15) is 52.7 Å². The minimum atomic E-state index is -3.78. The highest BCUT2D eigenvalue weighted by Crippen LogP contribution is 2.57. The lowest BCUT2D eigenvalue weighted by atomic mass is 10.0. The van der Waals surface area contributed by atoms with Gasteiger partial charge in [0.15, 0.2) is 17.4 Å². The molecule has 0 aromatic carbocycles. The first-order valence-electron chi connectivity index (χ1n) is 12.5. The molecular formula is C22H32ClN6O7P. The van der Waals surface area contributed by atoms with Gasteiger partial charge in [0.1, 0.15) is 23.7 Å². The average molecular weight is 559 g/mol. The smallest absolute Gasteiger partial charge is 0.406 e. The lowest BCUT2D eigenvalue weighted by molar-refractivity contribution is -0.148. The zero-order chi connectivity index (χ0) is 26.4. The molecule has 204 valence electrons. The van der Waals surface area contributed by atoms with Crippen molar-refractivity contribution in [3.8, 4) is 5.88 Å². The number of nitrogen functional groups attached to an aromatic ring is 1. The molecule has 15 heteroatoms. The topological polar surface area (TPSA) is 162 Å². The highest BCUT2D eigenvalue weighted by Gasteiger charge is 2.60. The van der Waals surface area contributed by atoms with E-state index >= 15 is 0 Å². The number of ether oxygens (including phenoxy) is 3. The van der Waals surface area contributed by atoms with Gasteiger partial charge < -0.3 is 19.9 Å². The number of halogens is 1. The Bertz CT molecular complexity index is 1210. The summed E-state index contributed by atoms with van der Waals surface area (Å²) in [7, 11) is -3.78. The number of nitrogens with one attached hydrogen (secondary N) is 1. The molecule has 5 rings (SSSR count). The summed E-state index contributed by atoms with van der Waals surface area (Å²) in [6.07, 6.45) is 3.11. The summed E-state index contributed by atoms with van der Waals surface area (Å²) in [6, 6.07) is -0.471. The molecule has 1 saturated carbocycles. The molecule has 0 radical (unpaired) electrons. The van der Waals surface area contributed by atoms with Gasteiger partial charge in [-0.05, 0) is 33.6 Å². The molecule has 1 aliphatic carbocycles. The molecule has 3 aliphatic rings. The number of hydrogen-bond donors (Lipinski definition) is 2. The van der Waals surface area contributed by atoms with E-state index in [1.807, 2.05) is 6.92 Å². The van der Waals surface area contributed by atoms with Crippen LogP contribution < -0.4 is 15.6 Å². The van der Waals surface area contributed by atoms with Crippen molar-refractivity contribution >= 4 is 42.4 Å². The first-order valence-corrected chi connectivity index (χ1v) is 14.4. The van der Waals surface area contributed by atoms with Crippen molar-refractivity contribution in [2.45, 2.75) is 75.8 Å². The summed E-state index contributed by atoms with van der Waals surface area (Å²) in [5.74, 6) is -0.00774. The third kappa shape index (κ3) is 5.17. The Morgan fingerprint density at radius 2 is 2.16 bits per heavy atom. The fraction of sp³-hybridized carbons (Fsp3) is 0.727. The molecule has 2 aromatic rings. The third-order valence-corrected chi connectivity index (χ3v) is 8.98.